The van der Waals surface area contributed by atoms with E-state index in [-0.39, 0.29) is 41.3 Å². The monoisotopic (exact) mass is 566 g/mol. The van der Waals surface area contributed by atoms with E-state index < -0.39 is 11.4 Å². The molecule has 0 radical (unpaired) electrons. The summed E-state index contributed by atoms with van der Waals surface area (Å²) in [4.78, 5) is 24.7. The molecule has 5 heteroatoms. The first-order valence-corrected chi connectivity index (χ1v) is 16.5. The molecule has 11 atom stereocenters. The van der Waals surface area contributed by atoms with E-state index in [1.54, 1.807) is 0 Å². The zero-order chi connectivity index (χ0) is 29.8. The van der Waals surface area contributed by atoms with Crippen LogP contribution in [0.5, 0.6) is 0 Å². The topological polar surface area (TPSA) is 72.8 Å². The van der Waals surface area contributed by atoms with Crippen LogP contribution in [0.25, 0.3) is 0 Å². The molecule has 5 aliphatic rings. The molecule has 1 N–H and O–H groups in total. The lowest BCUT2D eigenvalue weighted by Gasteiger charge is -2.71. The van der Waals surface area contributed by atoms with Gasteiger partial charge in [-0.3, -0.25) is 9.59 Å². The van der Waals surface area contributed by atoms with E-state index in [9.17, 15) is 9.59 Å². The molecular formula is C36H54O5. The second kappa shape index (κ2) is 11.0. The average Bonchev–Trinajstić information content (AvgIpc) is 3.32. The van der Waals surface area contributed by atoms with Crippen LogP contribution in [0.1, 0.15) is 112 Å². The molecule has 0 amide bonds. The SMILES string of the molecule is C#CCOC(=O)[C@]12CC[C@@H](C(=C)C)[C@@H]1[C@H]1CC[C@@H]3[C@@]4(C)CC[C@H](OCCCC(=O)O)[C@H](C)[C@@H]4CC[C@@]3(C)[C@]1(C)CC2. The molecule has 41 heavy (non-hydrogen) atoms. The fourth-order valence-corrected chi connectivity index (χ4v) is 12.0. The summed E-state index contributed by atoms with van der Waals surface area (Å²) in [5.74, 6) is 4.66. The first-order chi connectivity index (χ1) is 19.4. The number of carbonyl (C=O) groups is 2. The van der Waals surface area contributed by atoms with Gasteiger partial charge >= 0.3 is 11.9 Å². The number of hydrogen-bond donors (Lipinski definition) is 1. The van der Waals surface area contributed by atoms with Gasteiger partial charge in [-0.1, -0.05) is 45.8 Å². The highest BCUT2D eigenvalue weighted by molar-refractivity contribution is 5.78. The number of carbonyl (C=O) groups excluding carboxylic acids is 1. The Hall–Kier alpha value is -1.80. The maximum atomic E-state index is 13.7. The molecule has 5 fully saturated rings. The molecule has 0 aliphatic heterocycles. The van der Waals surface area contributed by atoms with Crippen molar-refractivity contribution in [2.45, 2.75) is 118 Å². The van der Waals surface area contributed by atoms with E-state index >= 15 is 0 Å². The zero-order valence-electron chi connectivity index (χ0n) is 26.3. The van der Waals surface area contributed by atoms with Crippen molar-refractivity contribution >= 4 is 11.9 Å². The van der Waals surface area contributed by atoms with Gasteiger partial charge in [0.1, 0.15) is 0 Å². The minimum absolute atomic E-state index is 0.0512. The molecule has 0 bridgehead atoms. The van der Waals surface area contributed by atoms with Crippen molar-refractivity contribution in [3.63, 3.8) is 0 Å². The quantitative estimate of drug-likeness (QED) is 0.141. The van der Waals surface area contributed by atoms with Gasteiger partial charge in [-0.05, 0) is 129 Å². The Bertz CT molecular complexity index is 1090. The van der Waals surface area contributed by atoms with Crippen molar-refractivity contribution in [3.8, 4) is 12.3 Å². The van der Waals surface area contributed by atoms with Crippen LogP contribution < -0.4 is 0 Å². The van der Waals surface area contributed by atoms with Crippen molar-refractivity contribution < 1.29 is 24.2 Å². The van der Waals surface area contributed by atoms with E-state index in [0.717, 1.165) is 32.1 Å². The van der Waals surface area contributed by atoms with Crippen molar-refractivity contribution in [2.75, 3.05) is 13.2 Å². The van der Waals surface area contributed by atoms with E-state index in [4.69, 9.17) is 21.0 Å². The van der Waals surface area contributed by atoms with Crippen molar-refractivity contribution in [2.24, 2.45) is 57.2 Å². The van der Waals surface area contributed by atoms with Crippen LogP contribution in [0, 0.1) is 69.5 Å². The van der Waals surface area contributed by atoms with Crippen molar-refractivity contribution in [3.05, 3.63) is 12.2 Å². The van der Waals surface area contributed by atoms with Crippen LogP contribution in [0.15, 0.2) is 12.2 Å². The molecule has 228 valence electrons. The van der Waals surface area contributed by atoms with Crippen LogP contribution in [0.3, 0.4) is 0 Å². The molecule has 5 aliphatic carbocycles. The Morgan fingerprint density at radius 1 is 0.976 bits per heavy atom. The molecular weight excluding hydrogens is 512 g/mol. The van der Waals surface area contributed by atoms with Gasteiger partial charge in [-0.2, -0.15) is 0 Å². The van der Waals surface area contributed by atoms with Crippen LogP contribution in [-0.2, 0) is 19.1 Å². The predicted octanol–water partition coefficient (Wildman–Crippen LogP) is 7.68. The van der Waals surface area contributed by atoms with E-state index in [0.29, 0.717) is 48.5 Å². The van der Waals surface area contributed by atoms with Gasteiger partial charge in [-0.25, -0.2) is 0 Å². The van der Waals surface area contributed by atoms with Gasteiger partial charge in [0, 0.05) is 13.0 Å². The van der Waals surface area contributed by atoms with Gasteiger partial charge in [0.2, 0.25) is 0 Å². The highest BCUT2D eigenvalue weighted by Gasteiger charge is 2.71. The molecule has 5 saturated carbocycles. The van der Waals surface area contributed by atoms with Crippen LogP contribution in [-0.4, -0.2) is 36.4 Å². The van der Waals surface area contributed by atoms with Crippen LogP contribution >= 0.6 is 0 Å². The van der Waals surface area contributed by atoms with Gasteiger partial charge in [0.05, 0.1) is 11.5 Å². The first-order valence-electron chi connectivity index (χ1n) is 16.5. The number of terminal acetylenes is 1. The molecule has 0 unspecified atom stereocenters. The third-order valence-electron chi connectivity index (χ3n) is 14.2. The number of aliphatic carboxylic acids is 1. The second-order valence-electron chi connectivity index (χ2n) is 15.5. The minimum atomic E-state index is -0.745. The smallest absolute Gasteiger partial charge is 0.313 e. The summed E-state index contributed by atoms with van der Waals surface area (Å²) in [5, 5.41) is 9.01. The molecule has 0 aromatic carbocycles. The minimum Gasteiger partial charge on any atom is -0.481 e. The van der Waals surface area contributed by atoms with Crippen LogP contribution in [0.2, 0.25) is 0 Å². The Labute approximate surface area is 248 Å². The Morgan fingerprint density at radius 3 is 2.41 bits per heavy atom. The Morgan fingerprint density at radius 2 is 1.73 bits per heavy atom. The molecule has 0 spiro atoms. The van der Waals surface area contributed by atoms with Crippen LogP contribution in [0.4, 0.5) is 0 Å². The molecule has 0 aromatic heterocycles. The fraction of sp³-hybridized carbons (Fsp3) is 0.833. The number of rotatable bonds is 8. The summed E-state index contributed by atoms with van der Waals surface area (Å²) in [7, 11) is 0. The summed E-state index contributed by atoms with van der Waals surface area (Å²) < 4.78 is 12.0. The third kappa shape index (κ3) is 4.61. The number of allylic oxidation sites excluding steroid dienone is 1. The zero-order valence-corrected chi connectivity index (χ0v) is 26.3. The molecule has 0 saturated heterocycles. The molecule has 0 aromatic rings. The summed E-state index contributed by atoms with van der Waals surface area (Å²) in [6.07, 6.45) is 17.5. The number of carboxylic acid groups (broad SMARTS) is 1. The number of carboxylic acids is 1. The average molecular weight is 567 g/mol. The van der Waals surface area contributed by atoms with Crippen molar-refractivity contribution in [1.29, 1.82) is 0 Å². The van der Waals surface area contributed by atoms with Gasteiger partial charge in [0.25, 0.3) is 0 Å². The summed E-state index contributed by atoms with van der Waals surface area (Å²) >= 11 is 0. The molecule has 5 nitrogen and oxygen atoms in total. The number of esters is 1. The Balaban J connectivity index is 1.40. The normalized spacial score (nSPS) is 46.7. The highest BCUT2D eigenvalue weighted by Crippen LogP contribution is 2.77. The second-order valence-corrected chi connectivity index (χ2v) is 15.5. The first kappa shape index (κ1) is 30.7. The van der Waals surface area contributed by atoms with Gasteiger partial charge in [-0.15, -0.1) is 6.42 Å². The number of hydrogen-bond acceptors (Lipinski definition) is 4. The summed E-state index contributed by atoms with van der Waals surface area (Å²) in [6, 6.07) is 0. The number of fused-ring (bicyclic) bond motifs is 7. The molecule has 0 heterocycles. The summed E-state index contributed by atoms with van der Waals surface area (Å²) in [5.41, 5.74) is 1.50. The maximum absolute atomic E-state index is 13.7. The summed E-state index contributed by atoms with van der Waals surface area (Å²) in [6.45, 7) is 17.4. The highest BCUT2D eigenvalue weighted by atomic mass is 16.5. The third-order valence-corrected chi connectivity index (χ3v) is 14.2. The Kier molecular flexibility index (Phi) is 8.25. The van der Waals surface area contributed by atoms with Gasteiger partial charge in [0.15, 0.2) is 6.61 Å². The molecule has 5 rings (SSSR count). The number of ether oxygens (including phenoxy) is 2. The van der Waals surface area contributed by atoms with E-state index in [1.807, 2.05) is 0 Å². The lowest BCUT2D eigenvalue weighted by Crippen LogP contribution is -2.66. The van der Waals surface area contributed by atoms with Gasteiger partial charge < -0.3 is 14.6 Å². The standard InChI is InChI=1S/C36H54O5/c1-8-21-41-32(39)36-18-13-25(23(2)3)31(36)27-11-12-29-33(5)16-15-28(40-22-9-10-30(37)38)24(4)26(33)14-17-35(29,7)34(27,6)19-20-36/h1,24-29,31H,2,9-22H2,3-7H3,(H,37,38)/t24-,25+,26+,27-,28+,29-,31-,33+,34-,35-,36+/m1/s1. The van der Waals surface area contributed by atoms with E-state index in [1.165, 1.54) is 37.7 Å². The van der Waals surface area contributed by atoms with Crippen molar-refractivity contribution in [1.82, 2.24) is 0 Å². The lowest BCUT2D eigenvalue weighted by molar-refractivity contribution is -0.239. The lowest BCUT2D eigenvalue weighted by atomic mass is 9.33. The largest absolute Gasteiger partial charge is 0.481 e. The van der Waals surface area contributed by atoms with E-state index in [2.05, 4.69) is 47.1 Å². The fourth-order valence-electron chi connectivity index (χ4n) is 12.0. The predicted molar refractivity (Wildman–Crippen MR) is 161 cm³/mol. The maximum Gasteiger partial charge on any atom is 0.313 e.